The van der Waals surface area contributed by atoms with Crippen LogP contribution in [0.1, 0.15) is 17.3 Å². The predicted octanol–water partition coefficient (Wildman–Crippen LogP) is 4.75. The highest BCUT2D eigenvalue weighted by Gasteiger charge is 2.16. The van der Waals surface area contributed by atoms with Crippen LogP contribution in [0.2, 0.25) is 5.02 Å². The van der Waals surface area contributed by atoms with Gasteiger partial charge in [-0.15, -0.1) is 0 Å². The van der Waals surface area contributed by atoms with E-state index >= 15 is 0 Å². The molecule has 1 unspecified atom stereocenters. The second-order valence-corrected chi connectivity index (χ2v) is 5.44. The number of carbonyl (C=O) groups excluding carboxylic acids is 1. The van der Waals surface area contributed by atoms with Gasteiger partial charge in [0.2, 0.25) is 5.78 Å². The Morgan fingerprint density at radius 2 is 1.68 bits per heavy atom. The van der Waals surface area contributed by atoms with Crippen LogP contribution in [-0.2, 0) is 0 Å². The molecule has 0 aromatic heterocycles. The maximum absolute atomic E-state index is 12.2. The zero-order chi connectivity index (χ0) is 13.8. The van der Waals surface area contributed by atoms with E-state index in [1.807, 2.05) is 12.1 Å². The van der Waals surface area contributed by atoms with Crippen LogP contribution < -0.4 is 4.74 Å². The van der Waals surface area contributed by atoms with Crippen LogP contribution in [0.15, 0.2) is 53.0 Å². The van der Waals surface area contributed by atoms with Crippen LogP contribution in [0, 0.1) is 0 Å². The fourth-order valence-corrected chi connectivity index (χ4v) is 2.01. The molecule has 0 N–H and O–H groups in total. The van der Waals surface area contributed by atoms with E-state index in [1.165, 1.54) is 0 Å². The van der Waals surface area contributed by atoms with Gasteiger partial charge in [-0.25, -0.2) is 0 Å². The smallest absolute Gasteiger partial charge is 0.202 e. The Bertz CT molecular complexity index is 564. The summed E-state index contributed by atoms with van der Waals surface area (Å²) in [5.41, 5.74) is 0.629. The van der Waals surface area contributed by atoms with Crippen molar-refractivity contribution in [2.75, 3.05) is 0 Å². The normalized spacial score (nSPS) is 11.9. The topological polar surface area (TPSA) is 26.3 Å². The summed E-state index contributed by atoms with van der Waals surface area (Å²) in [6.07, 6.45) is -0.539. The van der Waals surface area contributed by atoms with Gasteiger partial charge in [0.05, 0.1) is 0 Å². The Labute approximate surface area is 125 Å². The fourth-order valence-electron chi connectivity index (χ4n) is 1.62. The standard InChI is InChI=1S/C15H12BrClO2/c1-10(19-14-8-6-13(17)7-9-14)15(18)11-2-4-12(16)5-3-11/h2-10H,1H3. The number of carbonyl (C=O) groups is 1. The lowest BCUT2D eigenvalue weighted by molar-refractivity contribution is 0.0818. The van der Waals surface area contributed by atoms with Gasteiger partial charge in [-0.1, -0.05) is 39.7 Å². The molecule has 19 heavy (non-hydrogen) atoms. The summed E-state index contributed by atoms with van der Waals surface area (Å²) in [5, 5.41) is 0.638. The maximum Gasteiger partial charge on any atom is 0.202 e. The fraction of sp³-hybridized carbons (Fsp3) is 0.133. The van der Waals surface area contributed by atoms with Gasteiger partial charge in [0.15, 0.2) is 6.10 Å². The number of ketones is 1. The van der Waals surface area contributed by atoms with Crippen molar-refractivity contribution in [1.82, 2.24) is 0 Å². The van der Waals surface area contributed by atoms with E-state index < -0.39 is 6.10 Å². The first-order valence-electron chi connectivity index (χ1n) is 5.78. The Hall–Kier alpha value is -1.32. The molecular weight excluding hydrogens is 328 g/mol. The molecule has 0 amide bonds. The molecule has 0 saturated carbocycles. The van der Waals surface area contributed by atoms with Gasteiger partial charge in [-0.05, 0) is 43.3 Å². The molecule has 2 aromatic carbocycles. The first kappa shape index (κ1) is 14.1. The van der Waals surface area contributed by atoms with E-state index in [-0.39, 0.29) is 5.78 Å². The number of hydrogen-bond acceptors (Lipinski definition) is 2. The van der Waals surface area contributed by atoms with Gasteiger partial charge in [-0.3, -0.25) is 4.79 Å². The van der Waals surface area contributed by atoms with Crippen LogP contribution in [0.4, 0.5) is 0 Å². The highest BCUT2D eigenvalue weighted by molar-refractivity contribution is 9.10. The molecule has 0 fully saturated rings. The monoisotopic (exact) mass is 338 g/mol. The molecule has 0 heterocycles. The number of hydrogen-bond donors (Lipinski definition) is 0. The number of benzene rings is 2. The number of ether oxygens (including phenoxy) is 1. The Balaban J connectivity index is 2.07. The zero-order valence-electron chi connectivity index (χ0n) is 10.3. The number of Topliss-reactive ketones (excluding diaryl/α,β-unsaturated/α-hetero) is 1. The lowest BCUT2D eigenvalue weighted by Crippen LogP contribution is -2.23. The average molecular weight is 340 g/mol. The minimum absolute atomic E-state index is 0.0533. The molecule has 0 saturated heterocycles. The van der Waals surface area contributed by atoms with Crippen molar-refractivity contribution in [1.29, 1.82) is 0 Å². The summed E-state index contributed by atoms with van der Waals surface area (Å²) in [5.74, 6) is 0.574. The van der Waals surface area contributed by atoms with Gasteiger partial charge in [-0.2, -0.15) is 0 Å². The van der Waals surface area contributed by atoms with E-state index in [9.17, 15) is 4.79 Å². The highest BCUT2D eigenvalue weighted by atomic mass is 79.9. The van der Waals surface area contributed by atoms with E-state index in [4.69, 9.17) is 16.3 Å². The molecular formula is C15H12BrClO2. The first-order valence-corrected chi connectivity index (χ1v) is 6.95. The SMILES string of the molecule is CC(Oc1ccc(Cl)cc1)C(=O)c1ccc(Br)cc1. The molecule has 2 nitrogen and oxygen atoms in total. The van der Waals surface area contributed by atoms with Crippen molar-refractivity contribution in [3.8, 4) is 5.75 Å². The van der Waals surface area contributed by atoms with Crippen molar-refractivity contribution in [3.63, 3.8) is 0 Å². The first-order chi connectivity index (χ1) is 9.06. The summed E-state index contributed by atoms with van der Waals surface area (Å²) in [7, 11) is 0. The molecule has 1 atom stereocenters. The Morgan fingerprint density at radius 1 is 1.11 bits per heavy atom. The Morgan fingerprint density at radius 3 is 2.26 bits per heavy atom. The lowest BCUT2D eigenvalue weighted by Gasteiger charge is -2.13. The summed E-state index contributed by atoms with van der Waals surface area (Å²) >= 11 is 9.13. The summed E-state index contributed by atoms with van der Waals surface area (Å²) < 4.78 is 6.54. The van der Waals surface area contributed by atoms with Crippen LogP contribution >= 0.6 is 27.5 Å². The van der Waals surface area contributed by atoms with Crippen molar-refractivity contribution in [2.45, 2.75) is 13.0 Å². The summed E-state index contributed by atoms with van der Waals surface area (Å²) in [4.78, 5) is 12.2. The Kier molecular flexibility index (Phi) is 4.61. The van der Waals surface area contributed by atoms with Crippen molar-refractivity contribution >= 4 is 33.3 Å². The molecule has 2 aromatic rings. The molecule has 2 rings (SSSR count). The third-order valence-electron chi connectivity index (χ3n) is 2.62. The van der Waals surface area contributed by atoms with Crippen molar-refractivity contribution in [2.24, 2.45) is 0 Å². The van der Waals surface area contributed by atoms with E-state index in [0.29, 0.717) is 16.3 Å². The van der Waals surface area contributed by atoms with Crippen LogP contribution in [-0.4, -0.2) is 11.9 Å². The maximum atomic E-state index is 12.2. The van der Waals surface area contributed by atoms with Crippen molar-refractivity contribution in [3.05, 3.63) is 63.6 Å². The van der Waals surface area contributed by atoms with Gasteiger partial charge >= 0.3 is 0 Å². The molecule has 0 aliphatic rings. The molecule has 98 valence electrons. The number of halogens is 2. The lowest BCUT2D eigenvalue weighted by atomic mass is 10.1. The summed E-state index contributed by atoms with van der Waals surface area (Å²) in [6, 6.07) is 14.2. The second kappa shape index (κ2) is 6.22. The molecule has 0 radical (unpaired) electrons. The van der Waals surface area contributed by atoms with Crippen LogP contribution in [0.3, 0.4) is 0 Å². The van der Waals surface area contributed by atoms with E-state index in [0.717, 1.165) is 4.47 Å². The minimum atomic E-state index is -0.539. The van der Waals surface area contributed by atoms with Gasteiger partial charge in [0.25, 0.3) is 0 Å². The summed E-state index contributed by atoms with van der Waals surface area (Å²) in [6.45, 7) is 1.74. The largest absolute Gasteiger partial charge is 0.483 e. The molecule has 0 bridgehead atoms. The van der Waals surface area contributed by atoms with E-state index in [2.05, 4.69) is 15.9 Å². The third-order valence-corrected chi connectivity index (χ3v) is 3.41. The molecule has 4 heteroatoms. The number of rotatable bonds is 4. The minimum Gasteiger partial charge on any atom is -0.483 e. The van der Waals surface area contributed by atoms with Crippen LogP contribution in [0.5, 0.6) is 5.75 Å². The zero-order valence-corrected chi connectivity index (χ0v) is 12.6. The quantitative estimate of drug-likeness (QED) is 0.751. The van der Waals surface area contributed by atoms with Crippen molar-refractivity contribution < 1.29 is 9.53 Å². The average Bonchev–Trinajstić information content (AvgIpc) is 2.41. The van der Waals surface area contributed by atoms with Gasteiger partial charge < -0.3 is 4.74 Å². The third kappa shape index (κ3) is 3.82. The molecule has 0 aliphatic heterocycles. The molecule has 0 spiro atoms. The second-order valence-electron chi connectivity index (χ2n) is 4.09. The predicted molar refractivity (Wildman–Crippen MR) is 80.0 cm³/mol. The van der Waals surface area contributed by atoms with Gasteiger partial charge in [0, 0.05) is 15.1 Å². The molecule has 0 aliphatic carbocycles. The van der Waals surface area contributed by atoms with Crippen LogP contribution in [0.25, 0.3) is 0 Å². The highest BCUT2D eigenvalue weighted by Crippen LogP contribution is 2.18. The van der Waals surface area contributed by atoms with Gasteiger partial charge in [0.1, 0.15) is 5.75 Å². The van der Waals surface area contributed by atoms with E-state index in [1.54, 1.807) is 43.3 Å².